The van der Waals surface area contributed by atoms with Crippen LogP contribution < -0.4 is 11.1 Å². The van der Waals surface area contributed by atoms with Crippen LogP contribution in [0.2, 0.25) is 0 Å². The molecular formula is C18H16N4O2. The number of anilines is 1. The lowest BCUT2D eigenvalue weighted by Gasteiger charge is -2.16. The summed E-state index contributed by atoms with van der Waals surface area (Å²) in [5.74, 6) is 0.247. The highest BCUT2D eigenvalue weighted by Crippen LogP contribution is 2.22. The van der Waals surface area contributed by atoms with Gasteiger partial charge in [-0.05, 0) is 36.4 Å². The average molecular weight is 320 g/mol. The Balaban J connectivity index is 1.93. The van der Waals surface area contributed by atoms with Gasteiger partial charge in [0.25, 0.3) is 0 Å². The lowest BCUT2D eigenvalue weighted by molar-refractivity contribution is 0.475. The molecular weight excluding hydrogens is 304 g/mol. The molecule has 2 aromatic carbocycles. The Labute approximate surface area is 138 Å². The number of rotatable bonds is 3. The number of allylic oxidation sites excluding steroid dienone is 2. The molecule has 2 aromatic rings. The molecule has 0 saturated heterocycles. The van der Waals surface area contributed by atoms with E-state index in [4.69, 9.17) is 11.1 Å². The van der Waals surface area contributed by atoms with Crippen molar-refractivity contribution in [2.24, 2.45) is 10.7 Å². The highest BCUT2D eigenvalue weighted by molar-refractivity contribution is 6.23. The van der Waals surface area contributed by atoms with Gasteiger partial charge in [-0.1, -0.05) is 12.1 Å². The van der Waals surface area contributed by atoms with Crippen LogP contribution in [0.4, 0.5) is 11.4 Å². The topological polar surface area (TPSA) is 115 Å². The maximum atomic E-state index is 9.53. The maximum absolute atomic E-state index is 9.53. The number of aromatic hydroxyl groups is 2. The van der Waals surface area contributed by atoms with Crippen LogP contribution in [-0.4, -0.2) is 21.6 Å². The van der Waals surface area contributed by atoms with E-state index in [1.165, 1.54) is 12.1 Å². The highest BCUT2D eigenvalue weighted by Gasteiger charge is 2.15. The Kier molecular flexibility index (Phi) is 4.03. The Hall–Kier alpha value is -3.54. The SMILES string of the molecule is N=C1C=C(N)/C(=N\c2cccc(O)c2)C=C1Nc1cccc(O)c1. The summed E-state index contributed by atoms with van der Waals surface area (Å²) in [6.07, 6.45) is 3.17. The van der Waals surface area contributed by atoms with Crippen LogP contribution in [0.25, 0.3) is 0 Å². The lowest BCUT2D eigenvalue weighted by atomic mass is 10.0. The molecule has 0 saturated carbocycles. The van der Waals surface area contributed by atoms with E-state index in [-0.39, 0.29) is 17.2 Å². The molecule has 1 aliphatic carbocycles. The summed E-state index contributed by atoms with van der Waals surface area (Å²) in [4.78, 5) is 4.40. The van der Waals surface area contributed by atoms with Gasteiger partial charge in [-0.25, -0.2) is 4.99 Å². The zero-order valence-electron chi connectivity index (χ0n) is 12.7. The molecule has 6 N–H and O–H groups in total. The van der Waals surface area contributed by atoms with E-state index in [2.05, 4.69) is 10.3 Å². The first-order chi connectivity index (χ1) is 11.5. The predicted octanol–water partition coefficient (Wildman–Crippen LogP) is 3.04. The molecule has 0 bridgehead atoms. The first-order valence-corrected chi connectivity index (χ1v) is 7.23. The molecule has 120 valence electrons. The smallest absolute Gasteiger partial charge is 0.117 e. The van der Waals surface area contributed by atoms with Crippen LogP contribution in [0, 0.1) is 5.41 Å². The fourth-order valence-electron chi connectivity index (χ4n) is 2.25. The van der Waals surface area contributed by atoms with Crippen molar-refractivity contribution in [2.75, 3.05) is 5.32 Å². The van der Waals surface area contributed by atoms with Crippen molar-refractivity contribution >= 4 is 22.8 Å². The predicted molar refractivity (Wildman–Crippen MR) is 95.0 cm³/mol. The minimum atomic E-state index is 0.116. The molecule has 24 heavy (non-hydrogen) atoms. The highest BCUT2D eigenvalue weighted by atomic mass is 16.3. The lowest BCUT2D eigenvalue weighted by Crippen LogP contribution is -2.21. The zero-order valence-corrected chi connectivity index (χ0v) is 12.7. The largest absolute Gasteiger partial charge is 0.508 e. The minimum absolute atomic E-state index is 0.116. The summed E-state index contributed by atoms with van der Waals surface area (Å²) in [5.41, 5.74) is 8.73. The number of nitrogens with zero attached hydrogens (tertiary/aromatic N) is 1. The molecule has 0 radical (unpaired) electrons. The number of hydrogen-bond donors (Lipinski definition) is 5. The summed E-state index contributed by atoms with van der Waals surface area (Å²) in [5, 5.41) is 30.2. The number of nitrogens with two attached hydrogens (primary N) is 1. The molecule has 0 spiro atoms. The number of aliphatic imine (C=N–C) groups is 1. The van der Waals surface area contributed by atoms with Crippen molar-refractivity contribution in [3.05, 3.63) is 72.1 Å². The van der Waals surface area contributed by atoms with Gasteiger partial charge in [0.15, 0.2) is 0 Å². The van der Waals surface area contributed by atoms with Crippen molar-refractivity contribution in [1.29, 1.82) is 5.41 Å². The Morgan fingerprint density at radius 1 is 0.958 bits per heavy atom. The fourth-order valence-corrected chi connectivity index (χ4v) is 2.25. The number of benzene rings is 2. The fraction of sp³-hybridized carbons (Fsp3) is 0. The first kappa shape index (κ1) is 15.4. The van der Waals surface area contributed by atoms with Crippen molar-refractivity contribution in [3.63, 3.8) is 0 Å². The van der Waals surface area contributed by atoms with E-state index in [0.717, 1.165) is 0 Å². The molecule has 6 nitrogen and oxygen atoms in total. The molecule has 0 amide bonds. The third-order valence-corrected chi connectivity index (χ3v) is 3.37. The van der Waals surface area contributed by atoms with Crippen molar-refractivity contribution < 1.29 is 10.2 Å². The van der Waals surface area contributed by atoms with E-state index < -0.39 is 0 Å². The molecule has 0 atom stereocenters. The third kappa shape index (κ3) is 3.44. The van der Waals surface area contributed by atoms with Gasteiger partial charge in [-0.2, -0.15) is 0 Å². The van der Waals surface area contributed by atoms with Crippen LogP contribution in [0.1, 0.15) is 0 Å². The number of nitrogens with one attached hydrogen (secondary N) is 2. The van der Waals surface area contributed by atoms with Crippen LogP contribution >= 0.6 is 0 Å². The molecule has 6 heteroatoms. The Morgan fingerprint density at radius 3 is 2.38 bits per heavy atom. The van der Waals surface area contributed by atoms with E-state index >= 15 is 0 Å². The van der Waals surface area contributed by atoms with Gasteiger partial charge in [0.2, 0.25) is 0 Å². The zero-order chi connectivity index (χ0) is 17.1. The molecule has 0 heterocycles. The van der Waals surface area contributed by atoms with E-state index in [9.17, 15) is 10.2 Å². The molecule has 0 aromatic heterocycles. The van der Waals surface area contributed by atoms with Crippen LogP contribution in [-0.2, 0) is 0 Å². The maximum Gasteiger partial charge on any atom is 0.117 e. The van der Waals surface area contributed by atoms with E-state index in [0.29, 0.717) is 28.5 Å². The molecule has 0 unspecified atom stereocenters. The summed E-state index contributed by atoms with van der Waals surface area (Å²) in [6.45, 7) is 0. The van der Waals surface area contributed by atoms with E-state index in [1.54, 1.807) is 48.5 Å². The van der Waals surface area contributed by atoms with Crippen LogP contribution in [0.5, 0.6) is 11.5 Å². The second kappa shape index (κ2) is 6.29. The van der Waals surface area contributed by atoms with Gasteiger partial charge in [0, 0.05) is 17.8 Å². The van der Waals surface area contributed by atoms with Crippen molar-refractivity contribution in [2.45, 2.75) is 0 Å². The van der Waals surface area contributed by atoms with Crippen LogP contribution in [0.15, 0.2) is 77.1 Å². The quantitative estimate of drug-likeness (QED) is 0.559. The number of phenols is 2. The molecule has 0 aliphatic heterocycles. The normalized spacial score (nSPS) is 15.8. The summed E-state index contributed by atoms with van der Waals surface area (Å²) < 4.78 is 0. The van der Waals surface area contributed by atoms with Gasteiger partial charge < -0.3 is 21.3 Å². The Bertz CT molecular complexity index is 897. The van der Waals surface area contributed by atoms with Gasteiger partial charge in [0.1, 0.15) is 11.5 Å². The number of phenolic OH excluding ortho intramolecular Hbond substituents is 2. The van der Waals surface area contributed by atoms with Gasteiger partial charge in [-0.15, -0.1) is 0 Å². The average Bonchev–Trinajstić information content (AvgIpc) is 2.52. The number of hydrogen-bond acceptors (Lipinski definition) is 6. The van der Waals surface area contributed by atoms with Crippen molar-refractivity contribution in [1.82, 2.24) is 0 Å². The van der Waals surface area contributed by atoms with Gasteiger partial charge in [0.05, 0.1) is 28.5 Å². The molecule has 3 rings (SSSR count). The van der Waals surface area contributed by atoms with Crippen molar-refractivity contribution in [3.8, 4) is 11.5 Å². The molecule has 1 aliphatic rings. The summed E-state index contributed by atoms with van der Waals surface area (Å²) >= 11 is 0. The second-order valence-corrected chi connectivity index (χ2v) is 5.26. The standard InChI is InChI=1S/C18H16N4O2/c19-15-9-16(20)18(22-12-4-2-6-14(24)8-12)10-17(15)21-11-3-1-5-13(23)7-11/h1-10,19,21,23-24H,20H2/b19-15?,22-18-. The third-order valence-electron chi connectivity index (χ3n) is 3.37. The summed E-state index contributed by atoms with van der Waals surface area (Å²) in [6, 6.07) is 13.1. The summed E-state index contributed by atoms with van der Waals surface area (Å²) in [7, 11) is 0. The minimum Gasteiger partial charge on any atom is -0.508 e. The second-order valence-electron chi connectivity index (χ2n) is 5.26. The van der Waals surface area contributed by atoms with E-state index in [1.807, 2.05) is 0 Å². The van der Waals surface area contributed by atoms with Gasteiger partial charge >= 0.3 is 0 Å². The monoisotopic (exact) mass is 320 g/mol. The van der Waals surface area contributed by atoms with Gasteiger partial charge in [-0.3, -0.25) is 5.41 Å². The van der Waals surface area contributed by atoms with Crippen LogP contribution in [0.3, 0.4) is 0 Å². The molecule has 0 fully saturated rings. The first-order valence-electron chi connectivity index (χ1n) is 7.23. The Morgan fingerprint density at radius 2 is 1.67 bits per heavy atom.